The van der Waals surface area contributed by atoms with Gasteiger partial charge in [-0.3, -0.25) is 9.59 Å². The molecule has 0 saturated heterocycles. The van der Waals surface area contributed by atoms with Crippen LogP contribution in [-0.4, -0.2) is 25.5 Å². The molecule has 0 atom stereocenters. The Morgan fingerprint density at radius 2 is 1.58 bits per heavy atom. The van der Waals surface area contributed by atoms with Gasteiger partial charge >= 0.3 is 0 Å². The number of benzene rings is 2. The third kappa shape index (κ3) is 5.31. The highest BCUT2D eigenvalue weighted by Gasteiger charge is 2.04. The minimum atomic E-state index is -0.164. The Kier molecular flexibility index (Phi) is 6.19. The molecule has 2 rings (SSSR count). The molecule has 0 fully saturated rings. The van der Waals surface area contributed by atoms with Crippen LogP contribution >= 0.6 is 0 Å². The molecular weight excluding hydrogens is 306 g/mol. The largest absolute Gasteiger partial charge is 0.497 e. The van der Waals surface area contributed by atoms with Crippen LogP contribution < -0.4 is 20.7 Å². The fraction of sp³-hybridized carbons (Fsp3) is 0.222. The van der Waals surface area contributed by atoms with Crippen LogP contribution in [0.4, 0.5) is 17.1 Å². The van der Waals surface area contributed by atoms with Crippen LogP contribution in [0.1, 0.15) is 13.3 Å². The second kappa shape index (κ2) is 8.57. The highest BCUT2D eigenvalue weighted by molar-refractivity contribution is 5.94. The smallest absolute Gasteiger partial charge is 0.243 e. The molecule has 0 radical (unpaired) electrons. The van der Waals surface area contributed by atoms with Gasteiger partial charge in [0, 0.05) is 23.5 Å². The molecule has 0 aromatic heterocycles. The average molecular weight is 327 g/mol. The molecule has 3 N–H and O–H groups in total. The van der Waals surface area contributed by atoms with Crippen molar-refractivity contribution < 1.29 is 14.3 Å². The van der Waals surface area contributed by atoms with Crippen molar-refractivity contribution in [3.05, 3.63) is 48.5 Å². The summed E-state index contributed by atoms with van der Waals surface area (Å²) in [6, 6.07) is 14.3. The fourth-order valence-corrected chi connectivity index (χ4v) is 2.02. The van der Waals surface area contributed by atoms with Gasteiger partial charge in [0.1, 0.15) is 5.75 Å². The van der Waals surface area contributed by atoms with Crippen LogP contribution in [0.2, 0.25) is 0 Å². The van der Waals surface area contributed by atoms with Crippen LogP contribution in [0.25, 0.3) is 0 Å². The van der Waals surface area contributed by atoms with E-state index >= 15 is 0 Å². The molecule has 24 heavy (non-hydrogen) atoms. The molecular formula is C18H21N3O3. The first-order valence-corrected chi connectivity index (χ1v) is 7.68. The zero-order valence-electron chi connectivity index (χ0n) is 13.8. The van der Waals surface area contributed by atoms with E-state index in [1.807, 2.05) is 12.1 Å². The number of hydrogen-bond donors (Lipinski definition) is 3. The van der Waals surface area contributed by atoms with E-state index in [0.717, 1.165) is 11.4 Å². The molecule has 0 bridgehead atoms. The van der Waals surface area contributed by atoms with Gasteiger partial charge in [0.15, 0.2) is 0 Å². The second-order valence-electron chi connectivity index (χ2n) is 5.11. The van der Waals surface area contributed by atoms with E-state index in [1.165, 1.54) is 0 Å². The highest BCUT2D eigenvalue weighted by atomic mass is 16.5. The van der Waals surface area contributed by atoms with Gasteiger partial charge in [0.25, 0.3) is 0 Å². The van der Waals surface area contributed by atoms with Crippen molar-refractivity contribution in [3.63, 3.8) is 0 Å². The number of methoxy groups -OCH3 is 1. The Morgan fingerprint density at radius 1 is 0.917 bits per heavy atom. The molecule has 0 aliphatic carbocycles. The first kappa shape index (κ1) is 17.3. The molecule has 0 heterocycles. The molecule has 0 aliphatic rings. The van der Waals surface area contributed by atoms with Gasteiger partial charge in [-0.1, -0.05) is 13.0 Å². The summed E-state index contributed by atoms with van der Waals surface area (Å²) in [5, 5.41) is 8.60. The summed E-state index contributed by atoms with van der Waals surface area (Å²) < 4.78 is 5.07. The lowest BCUT2D eigenvalue weighted by Gasteiger charge is -2.10. The zero-order chi connectivity index (χ0) is 17.4. The number of hydrogen-bond acceptors (Lipinski definition) is 4. The van der Waals surface area contributed by atoms with Crippen LogP contribution in [0.5, 0.6) is 5.75 Å². The van der Waals surface area contributed by atoms with Gasteiger partial charge in [-0.15, -0.1) is 0 Å². The molecule has 2 amide bonds. The lowest BCUT2D eigenvalue weighted by atomic mass is 10.2. The van der Waals surface area contributed by atoms with Gasteiger partial charge in [0.05, 0.1) is 13.7 Å². The number of amides is 2. The Bertz CT molecular complexity index is 699. The van der Waals surface area contributed by atoms with Crippen molar-refractivity contribution in [1.29, 1.82) is 0 Å². The van der Waals surface area contributed by atoms with Crippen LogP contribution in [0.15, 0.2) is 48.5 Å². The summed E-state index contributed by atoms with van der Waals surface area (Å²) >= 11 is 0. The van der Waals surface area contributed by atoms with Crippen LogP contribution in [-0.2, 0) is 9.59 Å². The molecule has 2 aromatic carbocycles. The van der Waals surface area contributed by atoms with Gasteiger partial charge in [-0.25, -0.2) is 0 Å². The SMILES string of the molecule is CCC(=O)Nc1cccc(NCC(=O)Nc2ccc(OC)cc2)c1. The third-order valence-electron chi connectivity index (χ3n) is 3.29. The van der Waals surface area contributed by atoms with Crippen molar-refractivity contribution in [3.8, 4) is 5.75 Å². The van der Waals surface area contributed by atoms with E-state index in [1.54, 1.807) is 50.4 Å². The third-order valence-corrected chi connectivity index (χ3v) is 3.29. The minimum Gasteiger partial charge on any atom is -0.497 e. The van der Waals surface area contributed by atoms with E-state index in [2.05, 4.69) is 16.0 Å². The zero-order valence-corrected chi connectivity index (χ0v) is 13.8. The van der Waals surface area contributed by atoms with Gasteiger partial charge < -0.3 is 20.7 Å². The van der Waals surface area contributed by atoms with Crippen molar-refractivity contribution in [2.45, 2.75) is 13.3 Å². The molecule has 6 nitrogen and oxygen atoms in total. The van der Waals surface area contributed by atoms with Crippen molar-refractivity contribution in [2.24, 2.45) is 0 Å². The van der Waals surface area contributed by atoms with Crippen molar-refractivity contribution >= 4 is 28.9 Å². The number of carbonyl (C=O) groups is 2. The Hall–Kier alpha value is -3.02. The molecule has 2 aromatic rings. The van der Waals surface area contributed by atoms with E-state index in [4.69, 9.17) is 4.74 Å². The van der Waals surface area contributed by atoms with E-state index < -0.39 is 0 Å². The summed E-state index contributed by atoms with van der Waals surface area (Å²) in [6.45, 7) is 1.91. The average Bonchev–Trinajstić information content (AvgIpc) is 2.61. The number of rotatable bonds is 7. The first-order valence-electron chi connectivity index (χ1n) is 7.68. The van der Waals surface area contributed by atoms with Gasteiger partial charge in [0.2, 0.25) is 11.8 Å². The lowest BCUT2D eigenvalue weighted by Crippen LogP contribution is -2.21. The van der Waals surface area contributed by atoms with Crippen LogP contribution in [0.3, 0.4) is 0 Å². The predicted octanol–water partition coefficient (Wildman–Crippen LogP) is 3.09. The maximum absolute atomic E-state index is 12.0. The summed E-state index contributed by atoms with van der Waals surface area (Å²) in [5.74, 6) is 0.518. The summed E-state index contributed by atoms with van der Waals surface area (Å²) in [5.41, 5.74) is 2.16. The Morgan fingerprint density at radius 3 is 2.25 bits per heavy atom. The summed E-state index contributed by atoms with van der Waals surface area (Å²) in [6.07, 6.45) is 0.419. The number of carbonyl (C=O) groups excluding carboxylic acids is 2. The minimum absolute atomic E-state index is 0.0515. The fourth-order valence-electron chi connectivity index (χ4n) is 2.02. The first-order chi connectivity index (χ1) is 11.6. The van der Waals surface area contributed by atoms with E-state index in [9.17, 15) is 9.59 Å². The molecule has 6 heteroatoms. The molecule has 126 valence electrons. The topological polar surface area (TPSA) is 79.5 Å². The number of ether oxygens (including phenoxy) is 1. The lowest BCUT2D eigenvalue weighted by molar-refractivity contribution is -0.116. The van der Waals surface area contributed by atoms with E-state index in [-0.39, 0.29) is 18.4 Å². The standard InChI is InChI=1S/C18H21N3O3/c1-3-17(22)21-15-6-4-5-14(11-15)19-12-18(23)20-13-7-9-16(24-2)10-8-13/h4-11,19H,3,12H2,1-2H3,(H,20,23)(H,21,22). The van der Waals surface area contributed by atoms with Gasteiger partial charge in [-0.2, -0.15) is 0 Å². The monoisotopic (exact) mass is 327 g/mol. The summed E-state index contributed by atoms with van der Waals surface area (Å²) in [7, 11) is 1.59. The number of nitrogens with one attached hydrogen (secondary N) is 3. The summed E-state index contributed by atoms with van der Waals surface area (Å²) in [4.78, 5) is 23.4. The predicted molar refractivity (Wildman–Crippen MR) is 95.5 cm³/mol. The molecule has 0 unspecified atom stereocenters. The number of anilines is 3. The van der Waals surface area contributed by atoms with Crippen LogP contribution in [0, 0.1) is 0 Å². The molecule has 0 aliphatic heterocycles. The maximum Gasteiger partial charge on any atom is 0.243 e. The normalized spacial score (nSPS) is 9.92. The van der Waals surface area contributed by atoms with E-state index in [0.29, 0.717) is 17.8 Å². The van der Waals surface area contributed by atoms with Crippen molar-refractivity contribution in [1.82, 2.24) is 0 Å². The highest BCUT2D eigenvalue weighted by Crippen LogP contribution is 2.16. The molecule has 0 saturated carbocycles. The van der Waals surface area contributed by atoms with Gasteiger partial charge in [-0.05, 0) is 42.5 Å². The quantitative estimate of drug-likeness (QED) is 0.730. The van der Waals surface area contributed by atoms with Crippen molar-refractivity contribution in [2.75, 3.05) is 29.6 Å². The second-order valence-corrected chi connectivity index (χ2v) is 5.11. The maximum atomic E-state index is 12.0. The Balaban J connectivity index is 1.86. The molecule has 0 spiro atoms. The Labute approximate surface area is 141 Å².